The van der Waals surface area contributed by atoms with Crippen molar-refractivity contribution in [2.75, 3.05) is 0 Å². The quantitative estimate of drug-likeness (QED) is 0.739. The summed E-state index contributed by atoms with van der Waals surface area (Å²) in [6, 6.07) is 0.583. The molecule has 2 aliphatic carbocycles. The number of rotatable bonds is 3. The van der Waals surface area contributed by atoms with Gasteiger partial charge < -0.3 is 5.73 Å². The molecule has 2 N–H and O–H groups in total. The summed E-state index contributed by atoms with van der Waals surface area (Å²) in [6.07, 6.45) is 9.44. The third kappa shape index (κ3) is 6.39. The van der Waals surface area contributed by atoms with Crippen LogP contribution in [0.5, 0.6) is 0 Å². The Labute approximate surface area is 91.2 Å². The Morgan fingerprint density at radius 2 is 1.71 bits per heavy atom. The molecule has 0 amide bonds. The SMILES string of the molecule is NC1CC1.O=C(Cl)CCC1CCCC1. The molecule has 2 rings (SSSR count). The standard InChI is InChI=1S/C8H13ClO.C3H7N/c9-8(10)6-5-7-3-1-2-4-7;4-3-1-2-3/h7H,1-6H2;3H,1-2,4H2. The Kier molecular flexibility index (Phi) is 5.49. The van der Waals surface area contributed by atoms with Crippen molar-refractivity contribution in [1.82, 2.24) is 0 Å². The maximum Gasteiger partial charge on any atom is 0.221 e. The molecule has 0 saturated heterocycles. The van der Waals surface area contributed by atoms with Crippen LogP contribution in [0.3, 0.4) is 0 Å². The van der Waals surface area contributed by atoms with Crippen LogP contribution in [0.4, 0.5) is 0 Å². The zero-order valence-electron chi connectivity index (χ0n) is 8.68. The minimum Gasteiger partial charge on any atom is -0.328 e. The lowest BCUT2D eigenvalue weighted by Gasteiger charge is -2.04. The fourth-order valence-corrected chi connectivity index (χ4v) is 1.82. The van der Waals surface area contributed by atoms with Crippen LogP contribution in [-0.4, -0.2) is 11.3 Å². The van der Waals surface area contributed by atoms with E-state index in [0.717, 1.165) is 12.3 Å². The second kappa shape index (κ2) is 6.41. The van der Waals surface area contributed by atoms with Crippen LogP contribution < -0.4 is 5.73 Å². The molecule has 0 aromatic carbocycles. The Bertz CT molecular complexity index is 174. The Morgan fingerprint density at radius 1 is 1.21 bits per heavy atom. The molecule has 2 aliphatic rings. The van der Waals surface area contributed by atoms with Crippen molar-refractivity contribution in [3.05, 3.63) is 0 Å². The summed E-state index contributed by atoms with van der Waals surface area (Å²) in [7, 11) is 0. The lowest BCUT2D eigenvalue weighted by Crippen LogP contribution is -1.95. The molecule has 0 radical (unpaired) electrons. The molecular formula is C11H20ClNO. The van der Waals surface area contributed by atoms with Gasteiger partial charge >= 0.3 is 0 Å². The number of carbonyl (C=O) groups excluding carboxylic acids is 1. The van der Waals surface area contributed by atoms with E-state index in [-0.39, 0.29) is 5.24 Å². The smallest absolute Gasteiger partial charge is 0.221 e. The zero-order valence-corrected chi connectivity index (χ0v) is 9.43. The van der Waals surface area contributed by atoms with E-state index in [1.54, 1.807) is 0 Å². The first-order valence-corrected chi connectivity index (χ1v) is 6.00. The van der Waals surface area contributed by atoms with Gasteiger partial charge in [0, 0.05) is 12.5 Å². The number of carbonyl (C=O) groups is 1. The fourth-order valence-electron chi connectivity index (χ4n) is 1.71. The van der Waals surface area contributed by atoms with E-state index in [1.807, 2.05) is 0 Å². The van der Waals surface area contributed by atoms with Gasteiger partial charge in [0.25, 0.3) is 0 Å². The van der Waals surface area contributed by atoms with Gasteiger partial charge in [-0.25, -0.2) is 0 Å². The van der Waals surface area contributed by atoms with Crippen LogP contribution in [0.25, 0.3) is 0 Å². The predicted octanol–water partition coefficient (Wildman–Crippen LogP) is 2.83. The molecule has 2 nitrogen and oxygen atoms in total. The number of nitrogens with two attached hydrogens (primary N) is 1. The van der Waals surface area contributed by atoms with E-state index in [4.69, 9.17) is 17.3 Å². The largest absolute Gasteiger partial charge is 0.328 e. The minimum absolute atomic E-state index is 0.174. The van der Waals surface area contributed by atoms with Crippen molar-refractivity contribution >= 4 is 16.8 Å². The molecule has 0 heterocycles. The molecule has 0 atom stereocenters. The van der Waals surface area contributed by atoms with Crippen LogP contribution in [0.1, 0.15) is 51.4 Å². The maximum atomic E-state index is 10.4. The van der Waals surface area contributed by atoms with Crippen LogP contribution in [-0.2, 0) is 4.79 Å². The molecule has 0 spiro atoms. The summed E-state index contributed by atoms with van der Waals surface area (Å²) in [6.45, 7) is 0. The minimum atomic E-state index is -0.174. The maximum absolute atomic E-state index is 10.4. The summed E-state index contributed by atoms with van der Waals surface area (Å²) in [5, 5.41) is -0.174. The van der Waals surface area contributed by atoms with Gasteiger partial charge in [-0.3, -0.25) is 4.79 Å². The van der Waals surface area contributed by atoms with E-state index in [9.17, 15) is 4.79 Å². The first-order chi connectivity index (χ1) is 6.68. The Hall–Kier alpha value is -0.0800. The van der Waals surface area contributed by atoms with E-state index in [1.165, 1.54) is 38.5 Å². The highest BCUT2D eigenvalue weighted by atomic mass is 35.5. The van der Waals surface area contributed by atoms with E-state index < -0.39 is 0 Å². The number of hydrogen-bond acceptors (Lipinski definition) is 2. The summed E-state index contributed by atoms with van der Waals surface area (Å²) in [5.74, 6) is 0.794. The summed E-state index contributed by atoms with van der Waals surface area (Å²) in [4.78, 5) is 10.4. The molecule has 0 aliphatic heterocycles. The number of hydrogen-bond donors (Lipinski definition) is 1. The molecule has 0 aromatic heterocycles. The zero-order chi connectivity index (χ0) is 10.4. The Balaban J connectivity index is 0.000000203. The van der Waals surface area contributed by atoms with Crippen molar-refractivity contribution in [2.45, 2.75) is 57.4 Å². The molecule has 0 unspecified atom stereocenters. The van der Waals surface area contributed by atoms with Gasteiger partial charge in [0.2, 0.25) is 5.24 Å². The molecular weight excluding hydrogens is 198 g/mol. The highest BCUT2D eigenvalue weighted by Gasteiger charge is 2.15. The van der Waals surface area contributed by atoms with Crippen LogP contribution in [0, 0.1) is 5.92 Å². The van der Waals surface area contributed by atoms with Gasteiger partial charge in [0.05, 0.1) is 0 Å². The lowest BCUT2D eigenvalue weighted by molar-refractivity contribution is -0.111. The second-order valence-corrected chi connectivity index (χ2v) is 4.80. The van der Waals surface area contributed by atoms with Crippen molar-refractivity contribution in [1.29, 1.82) is 0 Å². The third-order valence-electron chi connectivity index (χ3n) is 2.85. The van der Waals surface area contributed by atoms with Gasteiger partial charge in [0.1, 0.15) is 0 Å². The van der Waals surface area contributed by atoms with Gasteiger partial charge in [-0.2, -0.15) is 0 Å². The molecule has 3 heteroatoms. The predicted molar refractivity (Wildman–Crippen MR) is 59.3 cm³/mol. The molecule has 82 valence electrons. The topological polar surface area (TPSA) is 43.1 Å². The molecule has 0 aromatic rings. The van der Waals surface area contributed by atoms with Crippen LogP contribution >= 0.6 is 11.6 Å². The van der Waals surface area contributed by atoms with E-state index in [0.29, 0.717) is 12.5 Å². The fraction of sp³-hybridized carbons (Fsp3) is 0.909. The van der Waals surface area contributed by atoms with Crippen LogP contribution in [0.2, 0.25) is 0 Å². The van der Waals surface area contributed by atoms with Crippen molar-refractivity contribution in [2.24, 2.45) is 11.7 Å². The third-order valence-corrected chi connectivity index (χ3v) is 3.03. The van der Waals surface area contributed by atoms with Gasteiger partial charge in [-0.1, -0.05) is 25.7 Å². The van der Waals surface area contributed by atoms with Gasteiger partial charge in [-0.05, 0) is 36.8 Å². The second-order valence-electron chi connectivity index (χ2n) is 4.38. The van der Waals surface area contributed by atoms with E-state index >= 15 is 0 Å². The van der Waals surface area contributed by atoms with Crippen molar-refractivity contribution < 1.29 is 4.79 Å². The highest BCUT2D eigenvalue weighted by molar-refractivity contribution is 6.63. The van der Waals surface area contributed by atoms with Crippen molar-refractivity contribution in [3.63, 3.8) is 0 Å². The first kappa shape index (κ1) is 12.0. The lowest BCUT2D eigenvalue weighted by atomic mass is 10.0. The molecule has 0 bridgehead atoms. The normalized spacial score (nSPS) is 21.6. The van der Waals surface area contributed by atoms with E-state index in [2.05, 4.69) is 0 Å². The highest BCUT2D eigenvalue weighted by Crippen LogP contribution is 2.28. The molecule has 2 saturated carbocycles. The average Bonchev–Trinajstić information content (AvgIpc) is 2.75. The first-order valence-electron chi connectivity index (χ1n) is 5.62. The van der Waals surface area contributed by atoms with Crippen molar-refractivity contribution in [3.8, 4) is 0 Å². The summed E-state index contributed by atoms with van der Waals surface area (Å²) in [5.41, 5.74) is 5.22. The Morgan fingerprint density at radius 3 is 2.07 bits per heavy atom. The average molecular weight is 218 g/mol. The summed E-state index contributed by atoms with van der Waals surface area (Å²) >= 11 is 5.22. The number of halogens is 1. The van der Waals surface area contributed by atoms with Crippen LogP contribution in [0.15, 0.2) is 0 Å². The monoisotopic (exact) mass is 217 g/mol. The molecule has 2 fully saturated rings. The van der Waals surface area contributed by atoms with Gasteiger partial charge in [-0.15, -0.1) is 0 Å². The molecule has 14 heavy (non-hydrogen) atoms. The van der Waals surface area contributed by atoms with Gasteiger partial charge in [0.15, 0.2) is 0 Å². The summed E-state index contributed by atoms with van der Waals surface area (Å²) < 4.78 is 0.